The zero-order valence-electron chi connectivity index (χ0n) is 14.1. The van der Waals surface area contributed by atoms with Crippen LogP contribution in [0.25, 0.3) is 33.1 Å². The zero-order valence-corrected chi connectivity index (χ0v) is 15.7. The number of hydrogen-bond donors (Lipinski definition) is 1. The molecule has 4 rings (SSSR count). The smallest absolute Gasteiger partial charge is 0.196 e. The second-order valence-corrected chi connectivity index (χ2v) is 6.66. The molecule has 1 N–H and O–H groups in total. The number of methoxy groups -OCH3 is 1. The van der Waals surface area contributed by atoms with Crippen molar-refractivity contribution in [3.63, 3.8) is 0 Å². The molecule has 1 aromatic carbocycles. The average molecular weight is 401 g/mol. The van der Waals surface area contributed by atoms with Crippen LogP contribution in [0.15, 0.2) is 41.3 Å². The predicted octanol–water partition coefficient (Wildman–Crippen LogP) is 4.25. The lowest BCUT2D eigenvalue weighted by molar-refractivity contribution is -0.0386. The molecule has 3 aromatic heterocycles. The Bertz CT molecular complexity index is 1070. The molecule has 0 aliphatic rings. The van der Waals surface area contributed by atoms with Crippen LogP contribution in [0.4, 0.5) is 0 Å². The van der Waals surface area contributed by atoms with Crippen LogP contribution in [0.3, 0.4) is 0 Å². The van der Waals surface area contributed by atoms with Gasteiger partial charge in [-0.2, -0.15) is 5.10 Å². The summed E-state index contributed by atoms with van der Waals surface area (Å²) in [6.07, 6.45) is 5.29. The predicted molar refractivity (Wildman–Crippen MR) is 101 cm³/mol. The van der Waals surface area contributed by atoms with Crippen molar-refractivity contribution in [2.24, 2.45) is 7.05 Å². The monoisotopic (exact) mass is 400 g/mol. The van der Waals surface area contributed by atoms with Crippen LogP contribution in [0.5, 0.6) is 5.75 Å². The normalized spacial score (nSPS) is 12.8. The fourth-order valence-corrected chi connectivity index (χ4v) is 3.51. The maximum absolute atomic E-state index is 5.83. The molecule has 0 bridgehead atoms. The van der Waals surface area contributed by atoms with E-state index in [0.29, 0.717) is 0 Å². The second kappa shape index (κ2) is 6.16. The van der Waals surface area contributed by atoms with Crippen LogP contribution in [-0.2, 0) is 11.8 Å². The molecular formula is C18H17BrN4O2. The summed E-state index contributed by atoms with van der Waals surface area (Å²) in [5.74, 6) is 0.738. The molecule has 0 amide bonds. The number of H-pyrrole nitrogens is 1. The molecule has 4 aromatic rings. The van der Waals surface area contributed by atoms with Crippen LogP contribution in [0, 0.1) is 0 Å². The van der Waals surface area contributed by atoms with Gasteiger partial charge in [0.15, 0.2) is 6.29 Å². The fourth-order valence-electron chi connectivity index (χ4n) is 2.86. The van der Waals surface area contributed by atoms with Gasteiger partial charge >= 0.3 is 0 Å². The van der Waals surface area contributed by atoms with Crippen LogP contribution in [-0.4, -0.2) is 33.1 Å². The lowest BCUT2D eigenvalue weighted by Crippen LogP contribution is -2.13. The molecule has 0 fully saturated rings. The van der Waals surface area contributed by atoms with Gasteiger partial charge in [-0.15, -0.1) is 0 Å². The van der Waals surface area contributed by atoms with Crippen LogP contribution in [0.1, 0.15) is 6.92 Å². The van der Waals surface area contributed by atoms with E-state index in [4.69, 9.17) is 9.47 Å². The van der Waals surface area contributed by atoms with E-state index in [2.05, 4.69) is 37.1 Å². The molecule has 6 nitrogen and oxygen atoms in total. The summed E-state index contributed by atoms with van der Waals surface area (Å²) in [4.78, 5) is 7.95. The Balaban J connectivity index is 1.90. The minimum atomic E-state index is -0.327. The number of aromatic amines is 1. The Morgan fingerprint density at radius 3 is 2.80 bits per heavy atom. The summed E-state index contributed by atoms with van der Waals surface area (Å²) in [5, 5.41) is 6.36. The lowest BCUT2D eigenvalue weighted by atomic mass is 10.1. The summed E-state index contributed by atoms with van der Waals surface area (Å²) in [5.41, 5.74) is 3.85. The molecule has 1 unspecified atom stereocenters. The molecule has 0 aliphatic heterocycles. The molecule has 0 saturated carbocycles. The van der Waals surface area contributed by atoms with E-state index in [1.807, 2.05) is 44.7 Å². The number of pyridine rings is 1. The van der Waals surface area contributed by atoms with E-state index >= 15 is 0 Å². The Hall–Kier alpha value is -2.38. The third kappa shape index (κ3) is 2.79. The van der Waals surface area contributed by atoms with Crippen LogP contribution >= 0.6 is 15.9 Å². The molecular weight excluding hydrogens is 384 g/mol. The number of benzene rings is 1. The van der Waals surface area contributed by atoms with Gasteiger partial charge in [-0.05, 0) is 41.1 Å². The molecule has 1 atom stereocenters. The highest BCUT2D eigenvalue weighted by molar-refractivity contribution is 9.10. The summed E-state index contributed by atoms with van der Waals surface area (Å²) in [6.45, 7) is 1.86. The summed E-state index contributed by atoms with van der Waals surface area (Å²) < 4.78 is 13.7. The van der Waals surface area contributed by atoms with Gasteiger partial charge in [-0.1, -0.05) is 0 Å². The van der Waals surface area contributed by atoms with Crippen molar-refractivity contribution in [1.82, 2.24) is 19.7 Å². The van der Waals surface area contributed by atoms with Gasteiger partial charge in [0.05, 0.1) is 28.1 Å². The number of ether oxygens (including phenoxy) is 2. The molecule has 0 radical (unpaired) electrons. The van der Waals surface area contributed by atoms with E-state index in [9.17, 15) is 0 Å². The minimum Gasteiger partial charge on any atom is -0.464 e. The van der Waals surface area contributed by atoms with Gasteiger partial charge in [-0.3, -0.25) is 9.67 Å². The highest BCUT2D eigenvalue weighted by Gasteiger charge is 2.15. The van der Waals surface area contributed by atoms with Crippen molar-refractivity contribution in [3.8, 4) is 17.0 Å². The topological polar surface area (TPSA) is 65.0 Å². The second-order valence-electron chi connectivity index (χ2n) is 5.86. The first-order valence-corrected chi connectivity index (χ1v) is 8.64. The Morgan fingerprint density at radius 2 is 2.08 bits per heavy atom. The van der Waals surface area contributed by atoms with Crippen molar-refractivity contribution in [2.75, 3.05) is 7.11 Å². The first kappa shape index (κ1) is 16.1. The maximum Gasteiger partial charge on any atom is 0.196 e. The molecule has 0 aliphatic carbocycles. The largest absolute Gasteiger partial charge is 0.464 e. The Labute approximate surface area is 152 Å². The molecule has 7 heteroatoms. The van der Waals surface area contributed by atoms with E-state index in [1.165, 1.54) is 0 Å². The van der Waals surface area contributed by atoms with Crippen molar-refractivity contribution in [3.05, 3.63) is 41.3 Å². The van der Waals surface area contributed by atoms with E-state index < -0.39 is 0 Å². The van der Waals surface area contributed by atoms with Crippen molar-refractivity contribution < 1.29 is 9.47 Å². The third-order valence-corrected chi connectivity index (χ3v) is 4.96. The van der Waals surface area contributed by atoms with Gasteiger partial charge in [0.2, 0.25) is 0 Å². The number of aromatic nitrogens is 4. The minimum absolute atomic E-state index is 0.327. The summed E-state index contributed by atoms with van der Waals surface area (Å²) >= 11 is 3.69. The number of hydrogen-bond acceptors (Lipinski definition) is 4. The third-order valence-electron chi connectivity index (χ3n) is 4.17. The van der Waals surface area contributed by atoms with Crippen LogP contribution in [0.2, 0.25) is 0 Å². The number of rotatable bonds is 4. The molecule has 0 spiro atoms. The van der Waals surface area contributed by atoms with Crippen molar-refractivity contribution >= 4 is 37.7 Å². The summed E-state index contributed by atoms with van der Waals surface area (Å²) in [7, 11) is 3.51. The van der Waals surface area contributed by atoms with Gasteiger partial charge in [0, 0.05) is 42.2 Å². The Morgan fingerprint density at radius 1 is 1.24 bits per heavy atom. The number of halogens is 1. The quantitative estimate of drug-likeness (QED) is 0.520. The lowest BCUT2D eigenvalue weighted by Gasteiger charge is -2.14. The van der Waals surface area contributed by atoms with Gasteiger partial charge < -0.3 is 14.5 Å². The first-order chi connectivity index (χ1) is 12.1. The average Bonchev–Trinajstić information content (AvgIpc) is 3.20. The highest BCUT2D eigenvalue weighted by Crippen LogP contribution is 2.39. The number of nitrogens with one attached hydrogen (secondary N) is 1. The van der Waals surface area contributed by atoms with Crippen LogP contribution < -0.4 is 4.74 Å². The molecule has 3 heterocycles. The fraction of sp³-hybridized carbons (Fsp3) is 0.222. The first-order valence-electron chi connectivity index (χ1n) is 7.85. The molecule has 25 heavy (non-hydrogen) atoms. The van der Waals surface area contributed by atoms with E-state index in [-0.39, 0.29) is 6.29 Å². The van der Waals surface area contributed by atoms with E-state index in [1.54, 1.807) is 11.8 Å². The number of fused-ring (bicyclic) bond motifs is 3. The van der Waals surface area contributed by atoms with Crippen molar-refractivity contribution in [2.45, 2.75) is 13.2 Å². The Kier molecular flexibility index (Phi) is 3.97. The van der Waals surface area contributed by atoms with Gasteiger partial charge in [0.25, 0.3) is 0 Å². The SMILES string of the molecule is COC(C)Oc1ccc2[nH]c3cnc(-c4cnn(C)c4)cc3c2c1Br. The maximum atomic E-state index is 5.83. The van der Waals surface area contributed by atoms with Crippen molar-refractivity contribution in [1.29, 1.82) is 0 Å². The van der Waals surface area contributed by atoms with E-state index in [0.717, 1.165) is 43.3 Å². The van der Waals surface area contributed by atoms with Gasteiger partial charge in [0.1, 0.15) is 5.75 Å². The molecule has 0 saturated heterocycles. The summed E-state index contributed by atoms with van der Waals surface area (Å²) in [6, 6.07) is 5.99. The standard InChI is InChI=1S/C18H17BrN4O2/c1-10(24-3)25-16-5-4-13-17(18(16)19)12-6-14(20-8-15(12)22-13)11-7-21-23(2)9-11/h4-10,22H,1-3H3. The highest BCUT2D eigenvalue weighted by atomic mass is 79.9. The zero-order chi connectivity index (χ0) is 17.6. The molecule has 128 valence electrons. The van der Waals surface area contributed by atoms with Gasteiger partial charge in [-0.25, -0.2) is 0 Å². The number of aryl methyl sites for hydroxylation is 1. The number of nitrogens with zero attached hydrogens (tertiary/aromatic N) is 3.